The van der Waals surface area contributed by atoms with Crippen molar-refractivity contribution < 1.29 is 4.79 Å². The molecular weight excluding hydrogens is 342 g/mol. The van der Waals surface area contributed by atoms with E-state index in [2.05, 4.69) is 31.9 Å². The molecule has 82 valence electrons. The van der Waals surface area contributed by atoms with Gasteiger partial charge < -0.3 is 4.90 Å². The number of halogens is 2. The van der Waals surface area contributed by atoms with E-state index in [1.165, 1.54) is 17.8 Å². The van der Waals surface area contributed by atoms with Crippen molar-refractivity contribution in [1.82, 2.24) is 4.90 Å². The smallest absolute Gasteiger partial charge is 0.255 e. The van der Waals surface area contributed by atoms with Gasteiger partial charge in [-0.15, -0.1) is 11.3 Å². The lowest BCUT2D eigenvalue weighted by atomic mass is 9.91. The number of rotatable bonds is 2. The fourth-order valence-electron chi connectivity index (χ4n) is 1.62. The fourth-order valence-corrected chi connectivity index (χ4v) is 4.39. The molecule has 0 unspecified atom stereocenters. The predicted octanol–water partition coefficient (Wildman–Crippen LogP) is 3.90. The van der Waals surface area contributed by atoms with Gasteiger partial charge in [-0.2, -0.15) is 0 Å². The highest BCUT2D eigenvalue weighted by Gasteiger charge is 2.27. The van der Waals surface area contributed by atoms with E-state index in [0.29, 0.717) is 6.04 Å². The summed E-state index contributed by atoms with van der Waals surface area (Å²) < 4.78 is 1.89. The van der Waals surface area contributed by atoms with Gasteiger partial charge in [0.15, 0.2) is 0 Å². The third-order valence-electron chi connectivity index (χ3n) is 2.83. The van der Waals surface area contributed by atoms with E-state index in [1.807, 2.05) is 18.0 Å². The van der Waals surface area contributed by atoms with Crippen LogP contribution in [-0.4, -0.2) is 23.9 Å². The average Bonchev–Trinajstić information content (AvgIpc) is 2.41. The van der Waals surface area contributed by atoms with Gasteiger partial charge in [0.2, 0.25) is 0 Å². The number of hydrogen-bond acceptors (Lipinski definition) is 2. The Morgan fingerprint density at radius 3 is 2.60 bits per heavy atom. The van der Waals surface area contributed by atoms with Gasteiger partial charge in [0, 0.05) is 13.1 Å². The summed E-state index contributed by atoms with van der Waals surface area (Å²) in [5, 5.41) is 0. The Kier molecular flexibility index (Phi) is 3.52. The maximum Gasteiger partial charge on any atom is 0.255 e. The molecule has 2 nitrogen and oxygen atoms in total. The van der Waals surface area contributed by atoms with Gasteiger partial charge in [-0.05, 0) is 57.2 Å². The van der Waals surface area contributed by atoms with Crippen LogP contribution >= 0.6 is 43.2 Å². The Morgan fingerprint density at radius 2 is 2.20 bits per heavy atom. The Balaban J connectivity index is 2.15. The Labute approximate surface area is 110 Å². The van der Waals surface area contributed by atoms with Crippen molar-refractivity contribution in [2.75, 3.05) is 7.05 Å². The minimum atomic E-state index is 0.119. The number of nitrogens with zero attached hydrogens (tertiary/aromatic N) is 1. The molecule has 1 aromatic heterocycles. The first-order valence-corrected chi connectivity index (χ1v) is 7.22. The summed E-state index contributed by atoms with van der Waals surface area (Å²) in [6.07, 6.45) is 3.53. The average molecular weight is 353 g/mol. The highest BCUT2D eigenvalue weighted by molar-refractivity contribution is 9.12. The Hall–Kier alpha value is 0.130. The van der Waals surface area contributed by atoms with Gasteiger partial charge in [-0.3, -0.25) is 4.79 Å². The SMILES string of the molecule is CN(C(=O)c1cc(Br)sc1Br)C1CCC1. The fraction of sp³-hybridized carbons (Fsp3) is 0.500. The zero-order valence-electron chi connectivity index (χ0n) is 8.30. The highest BCUT2D eigenvalue weighted by Crippen LogP contribution is 2.34. The topological polar surface area (TPSA) is 20.3 Å². The van der Waals surface area contributed by atoms with E-state index in [4.69, 9.17) is 0 Å². The lowest BCUT2D eigenvalue weighted by Gasteiger charge is -2.34. The summed E-state index contributed by atoms with van der Waals surface area (Å²) >= 11 is 8.34. The third-order valence-corrected chi connectivity index (χ3v) is 5.17. The summed E-state index contributed by atoms with van der Waals surface area (Å²) in [6.45, 7) is 0. The first kappa shape index (κ1) is 11.6. The number of thiophene rings is 1. The molecule has 15 heavy (non-hydrogen) atoms. The zero-order chi connectivity index (χ0) is 11.0. The van der Waals surface area contributed by atoms with Gasteiger partial charge in [0.05, 0.1) is 13.1 Å². The summed E-state index contributed by atoms with van der Waals surface area (Å²) in [6, 6.07) is 2.33. The molecule has 0 atom stereocenters. The van der Waals surface area contributed by atoms with Gasteiger partial charge in [0.25, 0.3) is 5.91 Å². The van der Waals surface area contributed by atoms with E-state index in [1.54, 1.807) is 0 Å². The van der Waals surface area contributed by atoms with Gasteiger partial charge in [0.1, 0.15) is 0 Å². The molecule has 1 saturated carbocycles. The normalized spacial score (nSPS) is 16.2. The molecule has 0 aromatic carbocycles. The second-order valence-electron chi connectivity index (χ2n) is 3.74. The van der Waals surface area contributed by atoms with Crippen LogP contribution in [0, 0.1) is 0 Å². The number of amides is 1. The van der Waals surface area contributed by atoms with Crippen LogP contribution in [0.3, 0.4) is 0 Å². The molecule has 1 heterocycles. The van der Waals surface area contributed by atoms with E-state index in [9.17, 15) is 4.79 Å². The van der Waals surface area contributed by atoms with Crippen LogP contribution in [0.4, 0.5) is 0 Å². The minimum absolute atomic E-state index is 0.119. The van der Waals surface area contributed by atoms with Crippen LogP contribution in [-0.2, 0) is 0 Å². The zero-order valence-corrected chi connectivity index (χ0v) is 12.3. The predicted molar refractivity (Wildman–Crippen MR) is 69.5 cm³/mol. The van der Waals surface area contributed by atoms with Crippen molar-refractivity contribution in [3.8, 4) is 0 Å². The number of carbonyl (C=O) groups is 1. The van der Waals surface area contributed by atoms with Crippen LogP contribution in [0.1, 0.15) is 29.6 Å². The van der Waals surface area contributed by atoms with Crippen LogP contribution in [0.5, 0.6) is 0 Å². The minimum Gasteiger partial charge on any atom is -0.339 e. The first-order valence-electron chi connectivity index (χ1n) is 4.81. The molecule has 1 aliphatic rings. The lowest BCUT2D eigenvalue weighted by molar-refractivity contribution is 0.0651. The highest BCUT2D eigenvalue weighted by atomic mass is 79.9. The van der Waals surface area contributed by atoms with Crippen LogP contribution in [0.15, 0.2) is 13.6 Å². The summed E-state index contributed by atoms with van der Waals surface area (Å²) in [4.78, 5) is 14.0. The molecule has 0 aliphatic heterocycles. The van der Waals surface area contributed by atoms with E-state index >= 15 is 0 Å². The second kappa shape index (κ2) is 4.55. The maximum absolute atomic E-state index is 12.1. The van der Waals surface area contributed by atoms with Crippen LogP contribution < -0.4 is 0 Å². The van der Waals surface area contributed by atoms with Gasteiger partial charge in [-0.25, -0.2) is 0 Å². The quantitative estimate of drug-likeness (QED) is 0.790. The molecule has 1 aromatic rings. The van der Waals surface area contributed by atoms with Crippen molar-refractivity contribution in [1.29, 1.82) is 0 Å². The molecule has 2 rings (SSSR count). The van der Waals surface area contributed by atoms with Crippen molar-refractivity contribution in [2.45, 2.75) is 25.3 Å². The monoisotopic (exact) mass is 351 g/mol. The molecule has 0 N–H and O–H groups in total. The largest absolute Gasteiger partial charge is 0.339 e. The third kappa shape index (κ3) is 2.29. The number of hydrogen-bond donors (Lipinski definition) is 0. The molecule has 0 bridgehead atoms. The molecule has 1 fully saturated rings. The molecule has 5 heteroatoms. The standard InChI is InChI=1S/C10H11Br2NOS/c1-13(6-3-2-4-6)10(14)7-5-8(11)15-9(7)12/h5-6H,2-4H2,1H3. The molecule has 0 saturated heterocycles. The van der Waals surface area contributed by atoms with Crippen molar-refractivity contribution in [3.05, 3.63) is 19.2 Å². The maximum atomic E-state index is 12.1. The summed E-state index contributed by atoms with van der Waals surface area (Å²) in [5.74, 6) is 0.119. The van der Waals surface area contributed by atoms with E-state index in [-0.39, 0.29) is 5.91 Å². The van der Waals surface area contributed by atoms with Crippen molar-refractivity contribution in [2.24, 2.45) is 0 Å². The van der Waals surface area contributed by atoms with Crippen molar-refractivity contribution >= 4 is 49.1 Å². The second-order valence-corrected chi connectivity index (χ2v) is 7.49. The van der Waals surface area contributed by atoms with Crippen molar-refractivity contribution in [3.63, 3.8) is 0 Å². The molecule has 0 spiro atoms. The van der Waals surface area contributed by atoms with E-state index < -0.39 is 0 Å². The molecule has 1 aliphatic carbocycles. The van der Waals surface area contributed by atoms with Gasteiger partial charge >= 0.3 is 0 Å². The molecule has 0 radical (unpaired) electrons. The lowest BCUT2D eigenvalue weighted by Crippen LogP contribution is -2.41. The molecule has 1 amide bonds. The number of carbonyl (C=O) groups excluding carboxylic acids is 1. The summed E-state index contributed by atoms with van der Waals surface area (Å²) in [7, 11) is 1.89. The first-order chi connectivity index (χ1) is 7.09. The van der Waals surface area contributed by atoms with Crippen LogP contribution in [0.2, 0.25) is 0 Å². The summed E-state index contributed by atoms with van der Waals surface area (Å²) in [5.41, 5.74) is 0.765. The Morgan fingerprint density at radius 1 is 1.53 bits per heavy atom. The van der Waals surface area contributed by atoms with Gasteiger partial charge in [-0.1, -0.05) is 0 Å². The van der Waals surface area contributed by atoms with E-state index in [0.717, 1.165) is 26.0 Å². The molecular formula is C10H11Br2NOS. The van der Waals surface area contributed by atoms with Crippen LogP contribution in [0.25, 0.3) is 0 Å². The Bertz CT molecular complexity index is 387.